The van der Waals surface area contributed by atoms with Gasteiger partial charge in [0, 0.05) is 18.9 Å². The zero-order chi connectivity index (χ0) is 13.2. The number of nitrogens with one attached hydrogen (secondary N) is 1. The summed E-state index contributed by atoms with van der Waals surface area (Å²) in [6.45, 7) is 5.55. The van der Waals surface area contributed by atoms with E-state index in [0.29, 0.717) is 6.04 Å². The molecular weight excluding hydrogens is 222 g/mol. The van der Waals surface area contributed by atoms with E-state index < -0.39 is 0 Å². The summed E-state index contributed by atoms with van der Waals surface area (Å²) >= 11 is 0. The van der Waals surface area contributed by atoms with E-state index in [2.05, 4.69) is 34.9 Å². The highest BCUT2D eigenvalue weighted by molar-refractivity contribution is 4.99. The number of aromatic nitrogens is 2. The van der Waals surface area contributed by atoms with Crippen LogP contribution in [0.15, 0.2) is 12.4 Å². The van der Waals surface area contributed by atoms with Gasteiger partial charge in [-0.15, -0.1) is 0 Å². The van der Waals surface area contributed by atoms with Crippen LogP contribution >= 0.6 is 0 Å². The summed E-state index contributed by atoms with van der Waals surface area (Å²) in [4.78, 5) is 4.52. The second-order valence-corrected chi connectivity index (χ2v) is 5.02. The van der Waals surface area contributed by atoms with Crippen molar-refractivity contribution in [2.45, 2.75) is 71.4 Å². The van der Waals surface area contributed by atoms with Gasteiger partial charge in [0.2, 0.25) is 0 Å². The minimum atomic E-state index is 0.410. The molecule has 0 spiro atoms. The molecule has 1 rings (SSSR count). The summed E-state index contributed by atoms with van der Waals surface area (Å²) in [6.07, 6.45) is 13.1. The van der Waals surface area contributed by atoms with Crippen molar-refractivity contribution in [2.75, 3.05) is 7.05 Å². The van der Waals surface area contributed by atoms with Crippen LogP contribution in [0.2, 0.25) is 0 Å². The van der Waals surface area contributed by atoms with Crippen LogP contribution in [0.5, 0.6) is 0 Å². The highest BCUT2D eigenvalue weighted by atomic mass is 15.1. The number of rotatable bonds is 10. The lowest BCUT2D eigenvalue weighted by Gasteiger charge is -2.17. The molecule has 1 atom stereocenters. The van der Waals surface area contributed by atoms with Crippen molar-refractivity contribution in [1.82, 2.24) is 14.9 Å². The first-order chi connectivity index (χ1) is 8.83. The van der Waals surface area contributed by atoms with E-state index in [9.17, 15) is 0 Å². The summed E-state index contributed by atoms with van der Waals surface area (Å²) in [7, 11) is 2.04. The lowest BCUT2D eigenvalue weighted by molar-refractivity contribution is 0.459. The molecule has 0 aliphatic carbocycles. The highest BCUT2D eigenvalue weighted by Crippen LogP contribution is 2.19. The molecule has 1 aromatic rings. The largest absolute Gasteiger partial charge is 0.334 e. The van der Waals surface area contributed by atoms with Gasteiger partial charge in [-0.1, -0.05) is 46.0 Å². The van der Waals surface area contributed by atoms with Gasteiger partial charge in [-0.05, 0) is 19.9 Å². The van der Waals surface area contributed by atoms with Crippen LogP contribution in [0.25, 0.3) is 0 Å². The first-order valence-electron chi connectivity index (χ1n) is 7.51. The predicted molar refractivity (Wildman–Crippen MR) is 77.7 cm³/mol. The molecule has 0 bridgehead atoms. The van der Waals surface area contributed by atoms with Crippen LogP contribution < -0.4 is 5.32 Å². The number of nitrogens with zero attached hydrogens (tertiary/aromatic N) is 2. The van der Waals surface area contributed by atoms with Crippen LogP contribution in [0.1, 0.15) is 70.7 Å². The van der Waals surface area contributed by atoms with Gasteiger partial charge in [-0.3, -0.25) is 0 Å². The van der Waals surface area contributed by atoms with Gasteiger partial charge in [-0.25, -0.2) is 4.98 Å². The molecule has 1 aromatic heterocycles. The molecule has 0 fully saturated rings. The Hall–Kier alpha value is -0.830. The minimum absolute atomic E-state index is 0.410. The second-order valence-electron chi connectivity index (χ2n) is 5.02. The summed E-state index contributed by atoms with van der Waals surface area (Å²) in [6, 6.07) is 0.410. The Balaban J connectivity index is 2.41. The first kappa shape index (κ1) is 15.2. The normalized spacial score (nSPS) is 12.8. The minimum Gasteiger partial charge on any atom is -0.334 e. The van der Waals surface area contributed by atoms with Crippen molar-refractivity contribution in [3.8, 4) is 0 Å². The predicted octanol–water partition coefficient (Wildman–Crippen LogP) is 3.91. The molecule has 0 saturated heterocycles. The van der Waals surface area contributed by atoms with Gasteiger partial charge >= 0.3 is 0 Å². The zero-order valence-electron chi connectivity index (χ0n) is 12.3. The Morgan fingerprint density at radius 2 is 1.94 bits per heavy atom. The van der Waals surface area contributed by atoms with Gasteiger partial charge < -0.3 is 9.88 Å². The molecule has 3 nitrogen and oxygen atoms in total. The third-order valence-electron chi connectivity index (χ3n) is 3.47. The van der Waals surface area contributed by atoms with Crippen molar-refractivity contribution in [3.05, 3.63) is 18.2 Å². The number of aryl methyl sites for hydroxylation is 1. The molecule has 0 aliphatic rings. The van der Waals surface area contributed by atoms with Crippen molar-refractivity contribution in [3.63, 3.8) is 0 Å². The number of hydrogen-bond donors (Lipinski definition) is 1. The van der Waals surface area contributed by atoms with Crippen molar-refractivity contribution in [1.29, 1.82) is 0 Å². The van der Waals surface area contributed by atoms with E-state index >= 15 is 0 Å². The van der Waals surface area contributed by atoms with Crippen LogP contribution in [0, 0.1) is 0 Å². The summed E-state index contributed by atoms with van der Waals surface area (Å²) in [5.74, 6) is 1.20. The summed E-state index contributed by atoms with van der Waals surface area (Å²) in [5.41, 5.74) is 0. The SMILES string of the molecule is CCCCCCCC(NC)c1nccn1CCC. The molecule has 0 saturated carbocycles. The van der Waals surface area contributed by atoms with E-state index in [1.165, 1.54) is 44.3 Å². The number of hydrogen-bond acceptors (Lipinski definition) is 2. The maximum atomic E-state index is 4.52. The molecule has 104 valence electrons. The van der Waals surface area contributed by atoms with Crippen LogP contribution in [0.4, 0.5) is 0 Å². The maximum absolute atomic E-state index is 4.52. The van der Waals surface area contributed by atoms with Crippen molar-refractivity contribution >= 4 is 0 Å². The van der Waals surface area contributed by atoms with E-state index in [1.807, 2.05) is 13.2 Å². The monoisotopic (exact) mass is 251 g/mol. The molecule has 0 radical (unpaired) electrons. The molecule has 1 heterocycles. The Morgan fingerprint density at radius 3 is 2.61 bits per heavy atom. The lowest BCUT2D eigenvalue weighted by atomic mass is 10.1. The second kappa shape index (κ2) is 9.15. The standard InChI is InChI=1S/C15H29N3/c1-4-6-7-8-9-10-14(16-3)15-17-11-13-18(15)12-5-2/h11,13-14,16H,4-10,12H2,1-3H3. The van der Waals surface area contributed by atoms with E-state index in [0.717, 1.165) is 13.0 Å². The smallest absolute Gasteiger partial charge is 0.125 e. The lowest BCUT2D eigenvalue weighted by Crippen LogP contribution is -2.21. The fourth-order valence-electron chi connectivity index (χ4n) is 2.42. The average Bonchev–Trinajstić information content (AvgIpc) is 2.83. The van der Waals surface area contributed by atoms with Gasteiger partial charge in [-0.2, -0.15) is 0 Å². The molecule has 1 unspecified atom stereocenters. The molecule has 0 aliphatic heterocycles. The Labute approximate surface area is 112 Å². The zero-order valence-corrected chi connectivity index (χ0v) is 12.3. The van der Waals surface area contributed by atoms with Gasteiger partial charge in [0.05, 0.1) is 6.04 Å². The van der Waals surface area contributed by atoms with Crippen LogP contribution in [-0.2, 0) is 6.54 Å². The molecule has 3 heteroatoms. The van der Waals surface area contributed by atoms with E-state index in [1.54, 1.807) is 0 Å². The van der Waals surface area contributed by atoms with Crippen LogP contribution in [0.3, 0.4) is 0 Å². The van der Waals surface area contributed by atoms with Gasteiger partial charge in [0.15, 0.2) is 0 Å². The van der Waals surface area contributed by atoms with Gasteiger partial charge in [0.25, 0.3) is 0 Å². The summed E-state index contributed by atoms with van der Waals surface area (Å²) < 4.78 is 2.28. The topological polar surface area (TPSA) is 29.9 Å². The fraction of sp³-hybridized carbons (Fsp3) is 0.800. The first-order valence-corrected chi connectivity index (χ1v) is 7.51. The average molecular weight is 251 g/mol. The Kier molecular flexibility index (Phi) is 7.74. The highest BCUT2D eigenvalue weighted by Gasteiger charge is 2.14. The Bertz CT molecular complexity index is 306. The van der Waals surface area contributed by atoms with E-state index in [4.69, 9.17) is 0 Å². The molecule has 0 amide bonds. The maximum Gasteiger partial charge on any atom is 0.125 e. The fourth-order valence-corrected chi connectivity index (χ4v) is 2.42. The van der Waals surface area contributed by atoms with Crippen LogP contribution in [-0.4, -0.2) is 16.6 Å². The molecule has 1 N–H and O–H groups in total. The van der Waals surface area contributed by atoms with E-state index in [-0.39, 0.29) is 0 Å². The number of unbranched alkanes of at least 4 members (excludes halogenated alkanes) is 4. The third kappa shape index (κ3) is 4.81. The summed E-state index contributed by atoms with van der Waals surface area (Å²) in [5, 5.41) is 3.41. The van der Waals surface area contributed by atoms with Gasteiger partial charge in [0.1, 0.15) is 5.82 Å². The third-order valence-corrected chi connectivity index (χ3v) is 3.47. The number of imidazole rings is 1. The Morgan fingerprint density at radius 1 is 1.17 bits per heavy atom. The molecular formula is C15H29N3. The van der Waals surface area contributed by atoms with Crippen molar-refractivity contribution in [2.24, 2.45) is 0 Å². The molecule has 0 aromatic carbocycles. The molecule has 18 heavy (non-hydrogen) atoms. The van der Waals surface area contributed by atoms with Crippen molar-refractivity contribution < 1.29 is 0 Å². The quantitative estimate of drug-likeness (QED) is 0.639.